The summed E-state index contributed by atoms with van der Waals surface area (Å²) in [6.45, 7) is 2.05. The minimum Gasteiger partial charge on any atom is -0.420 e. The third kappa shape index (κ3) is 3.13. The van der Waals surface area contributed by atoms with Gasteiger partial charge in [-0.3, -0.25) is 0 Å². The van der Waals surface area contributed by atoms with Crippen LogP contribution in [0, 0.1) is 6.92 Å². The van der Waals surface area contributed by atoms with Crippen LogP contribution in [0.5, 0.6) is 0 Å². The third-order valence-electron chi connectivity index (χ3n) is 3.36. The van der Waals surface area contributed by atoms with Gasteiger partial charge < -0.3 is 4.42 Å². The Morgan fingerprint density at radius 3 is 2.70 bits per heavy atom. The number of aryl methyl sites for hydroxylation is 1. The number of thiazole rings is 1. The van der Waals surface area contributed by atoms with Gasteiger partial charge in [-0.05, 0) is 31.2 Å². The molecule has 0 radical (unpaired) electrons. The van der Waals surface area contributed by atoms with E-state index in [4.69, 9.17) is 4.42 Å². The molecule has 2 aromatic heterocycles. The van der Waals surface area contributed by atoms with Gasteiger partial charge in [-0.2, -0.15) is 0 Å². The van der Waals surface area contributed by atoms with Crippen molar-refractivity contribution in [3.8, 4) is 11.5 Å². The van der Waals surface area contributed by atoms with Crippen molar-refractivity contribution < 1.29 is 4.42 Å². The molecule has 0 aliphatic heterocycles. The molecule has 0 bridgehead atoms. The SMILES string of the molecule is Cc1ccc(-c2nnc(CSc3nc4ccccc4s3)o2)cc1. The summed E-state index contributed by atoms with van der Waals surface area (Å²) in [5.41, 5.74) is 3.19. The van der Waals surface area contributed by atoms with Crippen molar-refractivity contribution in [2.45, 2.75) is 17.0 Å². The minimum absolute atomic E-state index is 0.560. The lowest BCUT2D eigenvalue weighted by molar-refractivity contribution is 0.528. The van der Waals surface area contributed by atoms with E-state index in [0.29, 0.717) is 17.5 Å². The second kappa shape index (κ2) is 6.14. The maximum absolute atomic E-state index is 5.74. The van der Waals surface area contributed by atoms with Crippen molar-refractivity contribution in [3.63, 3.8) is 0 Å². The number of para-hydroxylation sites is 1. The van der Waals surface area contributed by atoms with Gasteiger partial charge in [0.25, 0.3) is 0 Å². The van der Waals surface area contributed by atoms with Crippen molar-refractivity contribution in [3.05, 3.63) is 60.0 Å². The summed E-state index contributed by atoms with van der Waals surface area (Å²) in [6.07, 6.45) is 0. The maximum Gasteiger partial charge on any atom is 0.247 e. The lowest BCUT2D eigenvalue weighted by Crippen LogP contribution is -1.79. The van der Waals surface area contributed by atoms with Crippen molar-refractivity contribution in [2.75, 3.05) is 0 Å². The van der Waals surface area contributed by atoms with Crippen LogP contribution in [0.1, 0.15) is 11.5 Å². The zero-order valence-electron chi connectivity index (χ0n) is 12.4. The topological polar surface area (TPSA) is 51.8 Å². The van der Waals surface area contributed by atoms with Crippen LogP contribution < -0.4 is 0 Å². The molecular formula is C17H13N3OS2. The van der Waals surface area contributed by atoms with Crippen LogP contribution in [0.4, 0.5) is 0 Å². The number of rotatable bonds is 4. The van der Waals surface area contributed by atoms with E-state index in [1.165, 1.54) is 10.3 Å². The lowest BCUT2D eigenvalue weighted by atomic mass is 10.1. The van der Waals surface area contributed by atoms with Crippen LogP contribution in [0.15, 0.2) is 57.3 Å². The average Bonchev–Trinajstić information content (AvgIpc) is 3.20. The van der Waals surface area contributed by atoms with Gasteiger partial charge in [0.05, 0.1) is 16.0 Å². The van der Waals surface area contributed by atoms with Gasteiger partial charge in [0.15, 0.2) is 4.34 Å². The van der Waals surface area contributed by atoms with E-state index in [-0.39, 0.29) is 0 Å². The molecule has 114 valence electrons. The minimum atomic E-state index is 0.560. The van der Waals surface area contributed by atoms with Gasteiger partial charge in [0.1, 0.15) is 0 Å². The number of nitrogens with zero attached hydrogens (tertiary/aromatic N) is 3. The normalized spacial score (nSPS) is 11.2. The number of fused-ring (bicyclic) bond motifs is 1. The van der Waals surface area contributed by atoms with Crippen LogP contribution in [-0.2, 0) is 5.75 Å². The fourth-order valence-electron chi connectivity index (χ4n) is 2.16. The number of hydrogen-bond acceptors (Lipinski definition) is 6. The Bertz CT molecular complexity index is 911. The summed E-state index contributed by atoms with van der Waals surface area (Å²) >= 11 is 3.30. The molecule has 23 heavy (non-hydrogen) atoms. The Morgan fingerprint density at radius 2 is 1.87 bits per heavy atom. The first-order chi connectivity index (χ1) is 11.3. The molecule has 4 nitrogen and oxygen atoms in total. The van der Waals surface area contributed by atoms with Gasteiger partial charge in [-0.25, -0.2) is 4.98 Å². The summed E-state index contributed by atoms with van der Waals surface area (Å²) in [5, 5.41) is 8.25. The number of benzene rings is 2. The van der Waals surface area contributed by atoms with Crippen LogP contribution >= 0.6 is 23.1 Å². The highest BCUT2D eigenvalue weighted by molar-refractivity contribution is 8.00. The molecular weight excluding hydrogens is 326 g/mol. The molecule has 0 fully saturated rings. The number of thioether (sulfide) groups is 1. The molecule has 0 amide bonds. The van der Waals surface area contributed by atoms with Crippen molar-refractivity contribution in [1.82, 2.24) is 15.2 Å². The molecule has 6 heteroatoms. The second-order valence-electron chi connectivity index (χ2n) is 5.10. The highest BCUT2D eigenvalue weighted by Crippen LogP contribution is 2.31. The molecule has 2 aromatic carbocycles. The summed E-state index contributed by atoms with van der Waals surface area (Å²) in [7, 11) is 0. The summed E-state index contributed by atoms with van der Waals surface area (Å²) < 4.78 is 7.95. The zero-order chi connectivity index (χ0) is 15.6. The van der Waals surface area contributed by atoms with E-state index in [9.17, 15) is 0 Å². The first kappa shape index (κ1) is 14.4. The van der Waals surface area contributed by atoms with Gasteiger partial charge in [0.2, 0.25) is 11.8 Å². The summed E-state index contributed by atoms with van der Waals surface area (Å²) in [5.74, 6) is 1.80. The van der Waals surface area contributed by atoms with Crippen LogP contribution in [0.25, 0.3) is 21.7 Å². The second-order valence-corrected chi connectivity index (χ2v) is 7.36. The molecule has 0 spiro atoms. The molecule has 4 aromatic rings. The summed E-state index contributed by atoms with van der Waals surface area (Å²) in [6, 6.07) is 16.2. The van der Waals surface area contributed by atoms with E-state index in [1.807, 2.05) is 42.5 Å². The number of hydrogen-bond donors (Lipinski definition) is 0. The fraction of sp³-hybridized carbons (Fsp3) is 0.118. The number of aromatic nitrogens is 3. The van der Waals surface area contributed by atoms with Gasteiger partial charge in [-0.15, -0.1) is 21.5 Å². The van der Waals surface area contributed by atoms with Crippen LogP contribution in [0.3, 0.4) is 0 Å². The molecule has 0 unspecified atom stereocenters. The molecule has 0 N–H and O–H groups in total. The molecule has 4 rings (SSSR count). The third-order valence-corrected chi connectivity index (χ3v) is 5.52. The van der Waals surface area contributed by atoms with Crippen molar-refractivity contribution >= 4 is 33.3 Å². The molecule has 0 atom stereocenters. The Balaban J connectivity index is 1.48. The highest BCUT2D eigenvalue weighted by Gasteiger charge is 2.10. The highest BCUT2D eigenvalue weighted by atomic mass is 32.2. The van der Waals surface area contributed by atoms with Gasteiger partial charge in [-0.1, -0.05) is 41.6 Å². The predicted octanol–water partition coefficient (Wildman–Crippen LogP) is 4.95. The van der Waals surface area contributed by atoms with Crippen LogP contribution in [0.2, 0.25) is 0 Å². The molecule has 2 heterocycles. The van der Waals surface area contributed by atoms with Crippen molar-refractivity contribution in [2.24, 2.45) is 0 Å². The van der Waals surface area contributed by atoms with E-state index in [0.717, 1.165) is 15.4 Å². The first-order valence-electron chi connectivity index (χ1n) is 7.16. The average molecular weight is 339 g/mol. The Labute approximate surface area is 141 Å². The molecule has 0 saturated carbocycles. The predicted molar refractivity (Wildman–Crippen MR) is 93.7 cm³/mol. The summed E-state index contributed by atoms with van der Waals surface area (Å²) in [4.78, 5) is 4.59. The van der Waals surface area contributed by atoms with E-state index in [1.54, 1.807) is 23.1 Å². The standard InChI is InChI=1S/C17H13N3OS2/c1-11-6-8-12(9-7-11)16-20-19-15(21-16)10-22-17-18-13-4-2-3-5-14(13)23-17/h2-9H,10H2,1H3. The van der Waals surface area contributed by atoms with E-state index < -0.39 is 0 Å². The Hall–Kier alpha value is -2.18. The van der Waals surface area contributed by atoms with E-state index >= 15 is 0 Å². The molecule has 0 saturated heterocycles. The Kier molecular flexibility index (Phi) is 3.85. The Morgan fingerprint density at radius 1 is 1.04 bits per heavy atom. The molecule has 0 aliphatic carbocycles. The molecule has 0 aliphatic rings. The zero-order valence-corrected chi connectivity index (χ0v) is 14.0. The fourth-order valence-corrected chi connectivity index (χ4v) is 4.07. The van der Waals surface area contributed by atoms with E-state index in [2.05, 4.69) is 28.2 Å². The smallest absolute Gasteiger partial charge is 0.247 e. The van der Waals surface area contributed by atoms with Gasteiger partial charge >= 0.3 is 0 Å². The quantitative estimate of drug-likeness (QED) is 0.493. The first-order valence-corrected chi connectivity index (χ1v) is 8.96. The largest absolute Gasteiger partial charge is 0.420 e. The van der Waals surface area contributed by atoms with Crippen molar-refractivity contribution in [1.29, 1.82) is 0 Å². The van der Waals surface area contributed by atoms with Crippen LogP contribution in [-0.4, -0.2) is 15.2 Å². The maximum atomic E-state index is 5.74. The monoisotopic (exact) mass is 339 g/mol. The van der Waals surface area contributed by atoms with Gasteiger partial charge in [0, 0.05) is 5.56 Å². The lowest BCUT2D eigenvalue weighted by Gasteiger charge is -1.95.